The highest BCUT2D eigenvalue weighted by atomic mass is 16.5. The van der Waals surface area contributed by atoms with Crippen LogP contribution in [0.2, 0.25) is 0 Å². The molecule has 2 heterocycles. The smallest absolute Gasteiger partial charge is 0.295 e. The standard InChI is InChI=1S/C27H31NO5/c1-4-6-14-32-21-10-7-18(8-11-21)24-23(26(30)27(31)28(24)13-5-2)25(29)19-9-12-22-20(16-19)15-17(3)33-22/h7-12,16-17,24,29H,4-6,13-15H2,1-3H3/b25-23-. The predicted molar refractivity (Wildman–Crippen MR) is 126 cm³/mol. The van der Waals surface area contributed by atoms with Crippen LogP contribution in [0.5, 0.6) is 11.5 Å². The van der Waals surface area contributed by atoms with Crippen molar-refractivity contribution in [1.29, 1.82) is 0 Å². The topological polar surface area (TPSA) is 76.1 Å². The van der Waals surface area contributed by atoms with E-state index in [4.69, 9.17) is 9.47 Å². The molecule has 2 atom stereocenters. The van der Waals surface area contributed by atoms with Gasteiger partial charge in [-0.15, -0.1) is 0 Å². The molecule has 1 N–H and O–H groups in total. The van der Waals surface area contributed by atoms with Gasteiger partial charge in [-0.25, -0.2) is 0 Å². The Morgan fingerprint density at radius 3 is 2.58 bits per heavy atom. The van der Waals surface area contributed by atoms with Gasteiger partial charge in [0.05, 0.1) is 18.2 Å². The molecule has 33 heavy (non-hydrogen) atoms. The van der Waals surface area contributed by atoms with Crippen molar-refractivity contribution in [2.45, 2.75) is 58.6 Å². The molecule has 0 saturated carbocycles. The normalized spacial score (nSPS) is 21.2. The maximum atomic E-state index is 13.1. The molecule has 0 radical (unpaired) electrons. The van der Waals surface area contributed by atoms with E-state index in [-0.39, 0.29) is 17.4 Å². The lowest BCUT2D eigenvalue weighted by Crippen LogP contribution is -2.30. The number of aliphatic hydroxyl groups is 1. The fraction of sp³-hybridized carbons (Fsp3) is 0.407. The third kappa shape index (κ3) is 4.47. The Labute approximate surface area is 194 Å². The van der Waals surface area contributed by atoms with Crippen molar-refractivity contribution in [3.63, 3.8) is 0 Å². The summed E-state index contributed by atoms with van der Waals surface area (Å²) in [7, 11) is 0. The SMILES string of the molecule is CCCCOc1ccc(C2/C(=C(/O)c3ccc4c(c3)CC(C)O4)C(=O)C(=O)N2CCC)cc1. The summed E-state index contributed by atoms with van der Waals surface area (Å²) in [6, 6.07) is 12.2. The fourth-order valence-electron chi connectivity index (χ4n) is 4.50. The lowest BCUT2D eigenvalue weighted by Gasteiger charge is -2.25. The Kier molecular flexibility index (Phi) is 6.72. The number of fused-ring (bicyclic) bond motifs is 1. The van der Waals surface area contributed by atoms with Gasteiger partial charge in [0.1, 0.15) is 23.4 Å². The number of unbranched alkanes of at least 4 members (excludes halogenated alkanes) is 1. The molecule has 4 rings (SSSR count). The van der Waals surface area contributed by atoms with Gasteiger partial charge in [-0.2, -0.15) is 0 Å². The molecule has 0 aliphatic carbocycles. The van der Waals surface area contributed by atoms with Crippen LogP contribution in [0.25, 0.3) is 5.76 Å². The number of carbonyl (C=O) groups is 2. The van der Waals surface area contributed by atoms with E-state index < -0.39 is 17.7 Å². The van der Waals surface area contributed by atoms with E-state index in [1.807, 2.05) is 50.2 Å². The molecule has 1 amide bonds. The first-order valence-corrected chi connectivity index (χ1v) is 11.8. The summed E-state index contributed by atoms with van der Waals surface area (Å²) in [4.78, 5) is 27.5. The second kappa shape index (κ2) is 9.69. The van der Waals surface area contributed by atoms with Gasteiger partial charge < -0.3 is 19.5 Å². The quantitative estimate of drug-likeness (QED) is 0.265. The molecule has 6 nitrogen and oxygen atoms in total. The molecular weight excluding hydrogens is 418 g/mol. The Balaban J connectivity index is 1.73. The van der Waals surface area contributed by atoms with Crippen LogP contribution in [0.15, 0.2) is 48.0 Å². The number of hydrogen-bond donors (Lipinski definition) is 1. The van der Waals surface area contributed by atoms with Crippen molar-refractivity contribution in [3.8, 4) is 11.5 Å². The van der Waals surface area contributed by atoms with Crippen LogP contribution in [0, 0.1) is 0 Å². The van der Waals surface area contributed by atoms with Crippen molar-refractivity contribution in [2.75, 3.05) is 13.2 Å². The third-order valence-corrected chi connectivity index (χ3v) is 6.14. The molecule has 174 valence electrons. The highest BCUT2D eigenvalue weighted by Gasteiger charge is 2.45. The van der Waals surface area contributed by atoms with E-state index in [0.717, 1.165) is 41.9 Å². The van der Waals surface area contributed by atoms with Gasteiger partial charge in [-0.3, -0.25) is 9.59 Å². The average Bonchev–Trinajstić information content (AvgIpc) is 3.30. The molecule has 0 spiro atoms. The molecule has 2 unspecified atom stereocenters. The summed E-state index contributed by atoms with van der Waals surface area (Å²) in [5.74, 6) is 0.153. The average molecular weight is 450 g/mol. The molecule has 6 heteroatoms. The predicted octanol–water partition coefficient (Wildman–Crippen LogP) is 5.02. The third-order valence-electron chi connectivity index (χ3n) is 6.14. The number of ketones is 1. The van der Waals surface area contributed by atoms with Gasteiger partial charge in [0.15, 0.2) is 0 Å². The number of nitrogens with zero attached hydrogens (tertiary/aromatic N) is 1. The van der Waals surface area contributed by atoms with Crippen molar-refractivity contribution < 1.29 is 24.2 Å². The Bertz CT molecular complexity index is 1070. The van der Waals surface area contributed by atoms with Gasteiger partial charge in [-0.05, 0) is 61.2 Å². The maximum absolute atomic E-state index is 13.1. The summed E-state index contributed by atoms with van der Waals surface area (Å²) < 4.78 is 11.5. The summed E-state index contributed by atoms with van der Waals surface area (Å²) >= 11 is 0. The van der Waals surface area contributed by atoms with Crippen LogP contribution >= 0.6 is 0 Å². The van der Waals surface area contributed by atoms with E-state index in [0.29, 0.717) is 25.1 Å². The highest BCUT2D eigenvalue weighted by molar-refractivity contribution is 6.46. The lowest BCUT2D eigenvalue weighted by atomic mass is 9.94. The van der Waals surface area contributed by atoms with Crippen molar-refractivity contribution >= 4 is 17.4 Å². The summed E-state index contributed by atoms with van der Waals surface area (Å²) in [6.45, 7) is 7.13. The van der Waals surface area contributed by atoms with Crippen LogP contribution in [-0.4, -0.2) is 41.0 Å². The molecular formula is C27H31NO5. The first kappa shape index (κ1) is 22.9. The minimum absolute atomic E-state index is 0.0746. The van der Waals surface area contributed by atoms with Crippen molar-refractivity contribution in [1.82, 2.24) is 4.90 Å². The van der Waals surface area contributed by atoms with E-state index >= 15 is 0 Å². The van der Waals surface area contributed by atoms with Crippen LogP contribution in [-0.2, 0) is 16.0 Å². The number of ether oxygens (including phenoxy) is 2. The minimum Gasteiger partial charge on any atom is -0.507 e. The zero-order valence-corrected chi connectivity index (χ0v) is 19.5. The molecule has 2 aliphatic heterocycles. The Hall–Kier alpha value is -3.28. The number of likely N-dealkylation sites (tertiary alicyclic amines) is 1. The molecule has 2 aliphatic rings. The monoisotopic (exact) mass is 449 g/mol. The van der Waals surface area contributed by atoms with Crippen molar-refractivity contribution in [2.24, 2.45) is 0 Å². The summed E-state index contributed by atoms with van der Waals surface area (Å²) in [6.07, 6.45) is 3.55. The summed E-state index contributed by atoms with van der Waals surface area (Å²) in [5, 5.41) is 11.2. The van der Waals surface area contributed by atoms with Gasteiger partial charge in [-0.1, -0.05) is 32.4 Å². The van der Waals surface area contributed by atoms with Crippen molar-refractivity contribution in [3.05, 3.63) is 64.7 Å². The van der Waals surface area contributed by atoms with Crippen LogP contribution < -0.4 is 9.47 Å². The zero-order chi connectivity index (χ0) is 23.5. The molecule has 0 bridgehead atoms. The maximum Gasteiger partial charge on any atom is 0.295 e. The van der Waals surface area contributed by atoms with Crippen LogP contribution in [0.1, 0.15) is 62.8 Å². The van der Waals surface area contributed by atoms with Gasteiger partial charge in [0.2, 0.25) is 0 Å². The second-order valence-electron chi connectivity index (χ2n) is 8.72. The van der Waals surface area contributed by atoms with E-state index in [2.05, 4.69) is 6.92 Å². The van der Waals surface area contributed by atoms with Gasteiger partial charge >= 0.3 is 0 Å². The fourth-order valence-corrected chi connectivity index (χ4v) is 4.50. The first-order chi connectivity index (χ1) is 15.9. The number of Topliss-reactive ketones (excluding diaryl/α,β-unsaturated/α-hetero) is 1. The molecule has 2 aromatic rings. The van der Waals surface area contributed by atoms with E-state index in [1.165, 1.54) is 0 Å². The number of hydrogen-bond acceptors (Lipinski definition) is 5. The van der Waals surface area contributed by atoms with Gasteiger partial charge in [0.25, 0.3) is 11.7 Å². The molecule has 2 aromatic carbocycles. The molecule has 0 aromatic heterocycles. The highest BCUT2D eigenvalue weighted by Crippen LogP contribution is 2.41. The summed E-state index contributed by atoms with van der Waals surface area (Å²) in [5.41, 5.74) is 2.40. The Morgan fingerprint density at radius 1 is 1.12 bits per heavy atom. The second-order valence-corrected chi connectivity index (χ2v) is 8.72. The number of aliphatic hydroxyl groups excluding tert-OH is 1. The van der Waals surface area contributed by atoms with E-state index in [1.54, 1.807) is 11.0 Å². The molecule has 1 fully saturated rings. The van der Waals surface area contributed by atoms with Crippen LogP contribution in [0.3, 0.4) is 0 Å². The first-order valence-electron chi connectivity index (χ1n) is 11.8. The number of amides is 1. The largest absolute Gasteiger partial charge is 0.507 e. The lowest BCUT2D eigenvalue weighted by molar-refractivity contribution is -0.139. The molecule has 1 saturated heterocycles. The van der Waals surface area contributed by atoms with E-state index in [9.17, 15) is 14.7 Å². The number of rotatable bonds is 8. The van der Waals surface area contributed by atoms with Gasteiger partial charge in [0, 0.05) is 18.5 Å². The number of benzene rings is 2. The van der Waals surface area contributed by atoms with Crippen LogP contribution in [0.4, 0.5) is 0 Å². The number of carbonyl (C=O) groups excluding carboxylic acids is 2. The Morgan fingerprint density at radius 2 is 1.88 bits per heavy atom. The zero-order valence-electron chi connectivity index (χ0n) is 19.5. The minimum atomic E-state index is -0.653.